The average molecular weight is 437 g/mol. The zero-order valence-electron chi connectivity index (χ0n) is 17.1. The lowest BCUT2D eigenvalue weighted by atomic mass is 9.83. The fraction of sp³-hybridized carbons (Fsp3) is 0.421. The van der Waals surface area contributed by atoms with Gasteiger partial charge in [-0.3, -0.25) is 4.79 Å². The summed E-state index contributed by atoms with van der Waals surface area (Å²) in [6, 6.07) is 1.85. The van der Waals surface area contributed by atoms with E-state index in [1.54, 1.807) is 33.4 Å². The number of rotatable bonds is 7. The number of hydrogen-bond donors (Lipinski definition) is 3. The molecule has 0 radical (unpaired) electrons. The zero-order valence-corrected chi connectivity index (χ0v) is 17.1. The number of nitrogens with zero attached hydrogens (tertiary/aromatic N) is 4. The van der Waals surface area contributed by atoms with Gasteiger partial charge in [-0.1, -0.05) is 13.8 Å². The van der Waals surface area contributed by atoms with Gasteiger partial charge in [0, 0.05) is 30.5 Å². The quantitative estimate of drug-likeness (QED) is 0.515. The lowest BCUT2D eigenvalue weighted by molar-refractivity contribution is -0.143. The second kappa shape index (κ2) is 8.55. The SMILES string of the molecule is COCc1cnc2[nH]cc(-c3nncc([C@](N)(C(=O)NCC(F)(F)F)C(C)C)n3)c2c1. The van der Waals surface area contributed by atoms with Crippen LogP contribution >= 0.6 is 0 Å². The Hall–Kier alpha value is -3.12. The molecular weight excluding hydrogens is 415 g/mol. The molecule has 12 heteroatoms. The molecule has 0 aromatic carbocycles. The van der Waals surface area contributed by atoms with Crippen molar-refractivity contribution in [2.24, 2.45) is 11.7 Å². The van der Waals surface area contributed by atoms with Gasteiger partial charge in [-0.15, -0.1) is 5.10 Å². The van der Waals surface area contributed by atoms with Crippen molar-refractivity contribution in [3.8, 4) is 11.4 Å². The van der Waals surface area contributed by atoms with Crippen LogP contribution in [-0.2, 0) is 21.7 Å². The first kappa shape index (κ1) is 22.6. The fourth-order valence-corrected chi connectivity index (χ4v) is 3.10. The summed E-state index contributed by atoms with van der Waals surface area (Å²) in [6.45, 7) is 2.08. The summed E-state index contributed by atoms with van der Waals surface area (Å²) in [5, 5.41) is 10.4. The van der Waals surface area contributed by atoms with Crippen LogP contribution in [0.4, 0.5) is 13.2 Å². The predicted molar refractivity (Wildman–Crippen MR) is 105 cm³/mol. The predicted octanol–water partition coefficient (Wildman–Crippen LogP) is 2.05. The van der Waals surface area contributed by atoms with Crippen molar-refractivity contribution in [3.63, 3.8) is 0 Å². The van der Waals surface area contributed by atoms with E-state index >= 15 is 0 Å². The minimum atomic E-state index is -4.57. The summed E-state index contributed by atoms with van der Waals surface area (Å²) in [5.74, 6) is -1.43. The number of nitrogens with two attached hydrogens (primary N) is 1. The molecule has 3 aromatic heterocycles. The van der Waals surface area contributed by atoms with E-state index in [-0.39, 0.29) is 11.5 Å². The van der Waals surface area contributed by atoms with Gasteiger partial charge in [-0.05, 0) is 17.5 Å². The average Bonchev–Trinajstić information content (AvgIpc) is 3.14. The number of fused-ring (bicyclic) bond motifs is 1. The smallest absolute Gasteiger partial charge is 0.380 e. The van der Waals surface area contributed by atoms with E-state index in [9.17, 15) is 18.0 Å². The van der Waals surface area contributed by atoms with Crippen molar-refractivity contribution in [2.45, 2.75) is 32.2 Å². The number of aromatic nitrogens is 5. The van der Waals surface area contributed by atoms with Crippen molar-refractivity contribution in [1.82, 2.24) is 30.5 Å². The van der Waals surface area contributed by atoms with Crippen molar-refractivity contribution in [2.75, 3.05) is 13.7 Å². The molecule has 166 valence electrons. The van der Waals surface area contributed by atoms with Crippen LogP contribution < -0.4 is 11.1 Å². The Morgan fingerprint density at radius 1 is 1.32 bits per heavy atom. The molecule has 0 aliphatic rings. The second-order valence-electron chi connectivity index (χ2n) is 7.36. The van der Waals surface area contributed by atoms with Gasteiger partial charge in [-0.2, -0.15) is 18.3 Å². The van der Waals surface area contributed by atoms with Gasteiger partial charge in [0.2, 0.25) is 5.91 Å². The van der Waals surface area contributed by atoms with Gasteiger partial charge in [-0.25, -0.2) is 9.97 Å². The summed E-state index contributed by atoms with van der Waals surface area (Å²) < 4.78 is 42.9. The molecule has 1 amide bonds. The van der Waals surface area contributed by atoms with Gasteiger partial charge in [0.1, 0.15) is 17.7 Å². The van der Waals surface area contributed by atoms with Gasteiger partial charge < -0.3 is 20.8 Å². The largest absolute Gasteiger partial charge is 0.405 e. The maximum Gasteiger partial charge on any atom is 0.405 e. The van der Waals surface area contributed by atoms with Crippen molar-refractivity contribution < 1.29 is 22.7 Å². The number of H-pyrrole nitrogens is 1. The topological polar surface area (TPSA) is 132 Å². The van der Waals surface area contributed by atoms with E-state index in [2.05, 4.69) is 25.1 Å². The van der Waals surface area contributed by atoms with E-state index in [4.69, 9.17) is 10.5 Å². The van der Waals surface area contributed by atoms with Crippen LogP contribution in [0, 0.1) is 5.92 Å². The maximum absolute atomic E-state index is 12.6. The minimum Gasteiger partial charge on any atom is -0.380 e. The second-order valence-corrected chi connectivity index (χ2v) is 7.36. The number of carbonyl (C=O) groups excluding carboxylic acids is 1. The van der Waals surface area contributed by atoms with Gasteiger partial charge >= 0.3 is 6.18 Å². The lowest BCUT2D eigenvalue weighted by Crippen LogP contribution is -2.56. The molecule has 0 saturated heterocycles. The number of methoxy groups -OCH3 is 1. The monoisotopic (exact) mass is 437 g/mol. The Kier molecular flexibility index (Phi) is 6.23. The molecule has 0 bridgehead atoms. The van der Waals surface area contributed by atoms with Gasteiger partial charge in [0.05, 0.1) is 18.5 Å². The van der Waals surface area contributed by atoms with Crippen LogP contribution in [0.3, 0.4) is 0 Å². The molecule has 0 aliphatic heterocycles. The van der Waals surface area contributed by atoms with E-state index in [1.807, 2.05) is 11.4 Å². The highest BCUT2D eigenvalue weighted by Gasteiger charge is 2.43. The number of hydrogen-bond acceptors (Lipinski definition) is 7. The highest BCUT2D eigenvalue weighted by Crippen LogP contribution is 2.30. The molecule has 9 nitrogen and oxygen atoms in total. The maximum atomic E-state index is 12.6. The Labute approximate surface area is 175 Å². The number of alkyl halides is 3. The van der Waals surface area contributed by atoms with Gasteiger partial charge in [0.15, 0.2) is 5.82 Å². The van der Waals surface area contributed by atoms with Crippen LogP contribution in [0.1, 0.15) is 25.1 Å². The fourth-order valence-electron chi connectivity index (χ4n) is 3.10. The van der Waals surface area contributed by atoms with Crippen LogP contribution in [0.15, 0.2) is 24.7 Å². The minimum absolute atomic E-state index is 0.00234. The lowest BCUT2D eigenvalue weighted by Gasteiger charge is -2.31. The number of pyridine rings is 1. The normalized spacial score (nSPS) is 14.1. The number of halogens is 3. The first-order valence-electron chi connectivity index (χ1n) is 9.35. The summed E-state index contributed by atoms with van der Waals surface area (Å²) in [5.41, 5.74) is 6.40. The van der Waals surface area contributed by atoms with E-state index in [1.165, 1.54) is 6.20 Å². The molecule has 3 heterocycles. The zero-order chi connectivity index (χ0) is 22.8. The van der Waals surface area contributed by atoms with Gasteiger partial charge in [0.25, 0.3) is 0 Å². The Bertz CT molecular complexity index is 1080. The molecule has 31 heavy (non-hydrogen) atoms. The first-order chi connectivity index (χ1) is 14.6. The number of amides is 1. The highest BCUT2D eigenvalue weighted by atomic mass is 19.4. The van der Waals surface area contributed by atoms with Crippen molar-refractivity contribution in [1.29, 1.82) is 0 Å². The first-order valence-corrected chi connectivity index (χ1v) is 9.35. The number of aromatic amines is 1. The Balaban J connectivity index is 2.02. The number of ether oxygens (including phenoxy) is 1. The molecule has 0 unspecified atom stereocenters. The van der Waals surface area contributed by atoms with E-state index in [0.717, 1.165) is 5.56 Å². The molecule has 4 N–H and O–H groups in total. The summed E-state index contributed by atoms with van der Waals surface area (Å²) >= 11 is 0. The van der Waals surface area contributed by atoms with E-state index in [0.29, 0.717) is 23.2 Å². The number of carbonyl (C=O) groups is 1. The molecule has 1 atom stereocenters. The summed E-state index contributed by atoms with van der Waals surface area (Å²) in [4.78, 5) is 24.3. The molecule has 3 rings (SSSR count). The van der Waals surface area contributed by atoms with Crippen LogP contribution in [0.25, 0.3) is 22.4 Å². The number of nitrogens with one attached hydrogen (secondary N) is 2. The molecule has 0 aliphatic carbocycles. The molecule has 0 fully saturated rings. The van der Waals surface area contributed by atoms with Crippen LogP contribution in [-0.4, -0.2) is 50.9 Å². The third-order valence-corrected chi connectivity index (χ3v) is 4.86. The van der Waals surface area contributed by atoms with Crippen LogP contribution in [0.5, 0.6) is 0 Å². The third kappa shape index (κ3) is 4.64. The standard InChI is InChI=1S/C19H22F3N7O2/c1-10(2)19(23,17(30)26-9-18(20,21)22)14-7-27-29-16(28-14)13-6-25-15-12(13)4-11(5-24-15)8-31-3/h4-7,10H,8-9,23H2,1-3H3,(H,24,25)(H,26,30)/t19-/m0/s1. The molecule has 0 spiro atoms. The van der Waals surface area contributed by atoms with Crippen molar-refractivity contribution in [3.05, 3.63) is 35.9 Å². The van der Waals surface area contributed by atoms with E-state index < -0.39 is 30.1 Å². The Morgan fingerprint density at radius 2 is 2.06 bits per heavy atom. The molecular formula is C19H22F3N7O2. The molecule has 0 saturated carbocycles. The van der Waals surface area contributed by atoms with Crippen molar-refractivity contribution >= 4 is 16.9 Å². The molecule has 3 aromatic rings. The summed E-state index contributed by atoms with van der Waals surface area (Å²) in [6.07, 6.45) is -0.0949. The van der Waals surface area contributed by atoms with Crippen LogP contribution in [0.2, 0.25) is 0 Å². The Morgan fingerprint density at radius 3 is 2.71 bits per heavy atom. The highest BCUT2D eigenvalue weighted by molar-refractivity contribution is 5.92. The summed E-state index contributed by atoms with van der Waals surface area (Å²) in [7, 11) is 1.56. The third-order valence-electron chi connectivity index (χ3n) is 4.86.